The van der Waals surface area contributed by atoms with Crippen molar-refractivity contribution < 1.29 is 4.79 Å². The maximum Gasteiger partial charge on any atom is 0.263 e. The summed E-state index contributed by atoms with van der Waals surface area (Å²) in [4.78, 5) is 16.5. The Labute approximate surface area is 137 Å². The molecule has 3 rings (SSSR count). The van der Waals surface area contributed by atoms with Gasteiger partial charge in [-0.2, -0.15) is 0 Å². The van der Waals surface area contributed by atoms with Crippen molar-refractivity contribution in [2.24, 2.45) is 0 Å². The molecule has 1 amide bonds. The fourth-order valence-electron chi connectivity index (χ4n) is 2.43. The van der Waals surface area contributed by atoms with Crippen LogP contribution in [0.1, 0.15) is 16.1 Å². The van der Waals surface area contributed by atoms with Crippen LogP contribution >= 0.6 is 27.3 Å². The van der Waals surface area contributed by atoms with Gasteiger partial charge in [-0.1, -0.05) is 28.1 Å². The number of hydrogen-bond donors (Lipinski definition) is 1. The molecule has 1 aliphatic heterocycles. The molecule has 1 aromatic carbocycles. The highest BCUT2D eigenvalue weighted by atomic mass is 79.9. The fourth-order valence-corrected chi connectivity index (χ4v) is 3.67. The highest BCUT2D eigenvalue weighted by molar-refractivity contribution is 9.10. The average Bonchev–Trinajstić information content (AvgIpc) is 2.83. The van der Waals surface area contributed by atoms with Crippen LogP contribution in [0.5, 0.6) is 0 Å². The number of amides is 1. The first-order valence-corrected chi connectivity index (χ1v) is 8.71. The second-order valence-corrected chi connectivity index (χ2v) is 7.07. The van der Waals surface area contributed by atoms with Crippen molar-refractivity contribution in [3.05, 3.63) is 45.7 Å². The molecule has 21 heavy (non-hydrogen) atoms. The molecule has 1 saturated heterocycles. The van der Waals surface area contributed by atoms with Crippen molar-refractivity contribution >= 4 is 33.2 Å². The molecule has 1 aromatic heterocycles. The van der Waals surface area contributed by atoms with E-state index >= 15 is 0 Å². The summed E-state index contributed by atoms with van der Waals surface area (Å²) < 4.78 is 1.07. The lowest BCUT2D eigenvalue weighted by Crippen LogP contribution is -2.33. The summed E-state index contributed by atoms with van der Waals surface area (Å²) in [5, 5.41) is 3.32. The van der Waals surface area contributed by atoms with Crippen LogP contribution in [0.25, 0.3) is 10.4 Å². The van der Waals surface area contributed by atoms with Crippen LogP contribution in [0.2, 0.25) is 0 Å². The van der Waals surface area contributed by atoms with Crippen molar-refractivity contribution in [2.75, 3.05) is 26.2 Å². The van der Waals surface area contributed by atoms with E-state index in [9.17, 15) is 4.79 Å². The Morgan fingerprint density at radius 1 is 1.10 bits per heavy atom. The molecular weight excluding hydrogens is 348 g/mol. The van der Waals surface area contributed by atoms with Crippen LogP contribution in [0.4, 0.5) is 0 Å². The number of nitrogens with zero attached hydrogens (tertiary/aromatic N) is 1. The molecule has 0 aliphatic carbocycles. The lowest BCUT2D eigenvalue weighted by Gasteiger charge is -2.18. The van der Waals surface area contributed by atoms with Gasteiger partial charge >= 0.3 is 0 Å². The van der Waals surface area contributed by atoms with E-state index in [0.717, 1.165) is 52.4 Å². The zero-order valence-electron chi connectivity index (χ0n) is 11.6. The van der Waals surface area contributed by atoms with E-state index < -0.39 is 0 Å². The minimum absolute atomic E-state index is 0.159. The molecular formula is C16H17BrN2OS. The molecule has 2 heterocycles. The van der Waals surface area contributed by atoms with E-state index in [0.29, 0.717) is 0 Å². The van der Waals surface area contributed by atoms with Gasteiger partial charge < -0.3 is 10.2 Å². The second-order valence-electron chi connectivity index (χ2n) is 5.07. The third kappa shape index (κ3) is 3.54. The van der Waals surface area contributed by atoms with E-state index in [-0.39, 0.29) is 5.91 Å². The Hall–Kier alpha value is -1.17. The predicted molar refractivity (Wildman–Crippen MR) is 90.8 cm³/mol. The summed E-state index contributed by atoms with van der Waals surface area (Å²) in [6.45, 7) is 3.52. The summed E-state index contributed by atoms with van der Waals surface area (Å²) in [5.74, 6) is 0.159. The third-order valence-electron chi connectivity index (χ3n) is 3.57. The lowest BCUT2D eigenvalue weighted by atomic mass is 10.2. The first kappa shape index (κ1) is 14.8. The second kappa shape index (κ2) is 6.73. The lowest BCUT2D eigenvalue weighted by molar-refractivity contribution is 0.0771. The highest BCUT2D eigenvalue weighted by Gasteiger charge is 2.18. The van der Waals surface area contributed by atoms with Crippen molar-refractivity contribution in [1.82, 2.24) is 10.2 Å². The zero-order valence-corrected chi connectivity index (χ0v) is 14.0. The standard InChI is InChI=1S/C16H17BrN2OS/c17-13-4-2-12(3-5-13)14-6-7-15(21-14)16(20)19-10-1-8-18-9-11-19/h2-7,18H,1,8-11H2. The predicted octanol–water partition coefficient (Wildman–Crippen LogP) is 3.61. The van der Waals surface area contributed by atoms with Crippen LogP contribution in [-0.4, -0.2) is 37.0 Å². The van der Waals surface area contributed by atoms with Gasteiger partial charge in [-0.15, -0.1) is 11.3 Å². The molecule has 0 atom stereocenters. The van der Waals surface area contributed by atoms with Gasteiger partial charge in [-0.25, -0.2) is 0 Å². The summed E-state index contributed by atoms with van der Waals surface area (Å²) in [6.07, 6.45) is 1.02. The smallest absolute Gasteiger partial charge is 0.263 e. The van der Waals surface area contributed by atoms with E-state index in [2.05, 4.69) is 33.4 Å². The topological polar surface area (TPSA) is 32.3 Å². The van der Waals surface area contributed by atoms with Gasteiger partial charge in [0, 0.05) is 29.0 Å². The first-order valence-electron chi connectivity index (χ1n) is 7.10. The van der Waals surface area contributed by atoms with E-state index in [4.69, 9.17) is 0 Å². The van der Waals surface area contributed by atoms with Crippen LogP contribution in [-0.2, 0) is 0 Å². The minimum Gasteiger partial charge on any atom is -0.337 e. The number of carbonyl (C=O) groups excluding carboxylic acids is 1. The van der Waals surface area contributed by atoms with Gasteiger partial charge in [0.15, 0.2) is 0 Å². The molecule has 0 spiro atoms. The summed E-state index contributed by atoms with van der Waals surface area (Å²) in [7, 11) is 0. The number of halogens is 1. The van der Waals surface area contributed by atoms with E-state index in [1.54, 1.807) is 11.3 Å². The number of thiophene rings is 1. The summed E-state index contributed by atoms with van der Waals surface area (Å²) in [5.41, 5.74) is 1.15. The van der Waals surface area contributed by atoms with Gasteiger partial charge in [0.2, 0.25) is 0 Å². The zero-order chi connectivity index (χ0) is 14.7. The molecule has 0 unspecified atom stereocenters. The molecule has 0 radical (unpaired) electrons. The van der Waals surface area contributed by atoms with Crippen molar-refractivity contribution in [2.45, 2.75) is 6.42 Å². The Morgan fingerprint density at radius 2 is 1.90 bits per heavy atom. The summed E-state index contributed by atoms with van der Waals surface area (Å²) in [6, 6.07) is 12.2. The van der Waals surface area contributed by atoms with Crippen molar-refractivity contribution in [1.29, 1.82) is 0 Å². The van der Waals surface area contributed by atoms with Gasteiger partial charge in [0.1, 0.15) is 0 Å². The first-order chi connectivity index (χ1) is 10.2. The Morgan fingerprint density at radius 3 is 2.71 bits per heavy atom. The normalized spacial score (nSPS) is 15.8. The molecule has 110 valence electrons. The van der Waals surface area contributed by atoms with E-state index in [1.807, 2.05) is 29.2 Å². The van der Waals surface area contributed by atoms with E-state index in [1.165, 1.54) is 0 Å². The van der Waals surface area contributed by atoms with Crippen LogP contribution in [0.15, 0.2) is 40.9 Å². The molecule has 5 heteroatoms. The van der Waals surface area contributed by atoms with Gasteiger partial charge in [-0.3, -0.25) is 4.79 Å². The Balaban J connectivity index is 1.77. The molecule has 1 aliphatic rings. The fraction of sp³-hybridized carbons (Fsp3) is 0.312. The molecule has 2 aromatic rings. The number of carbonyl (C=O) groups is 1. The van der Waals surface area contributed by atoms with Crippen LogP contribution in [0.3, 0.4) is 0 Å². The SMILES string of the molecule is O=C(c1ccc(-c2ccc(Br)cc2)s1)N1CCCNCC1. The molecule has 0 saturated carbocycles. The summed E-state index contributed by atoms with van der Waals surface area (Å²) >= 11 is 5.02. The van der Waals surface area contributed by atoms with Gasteiger partial charge in [0.05, 0.1) is 4.88 Å². The average molecular weight is 365 g/mol. The number of hydrogen-bond acceptors (Lipinski definition) is 3. The molecule has 1 N–H and O–H groups in total. The number of benzene rings is 1. The molecule has 1 fully saturated rings. The Kier molecular flexibility index (Phi) is 4.73. The number of nitrogens with one attached hydrogen (secondary N) is 1. The van der Waals surface area contributed by atoms with Gasteiger partial charge in [-0.05, 0) is 42.8 Å². The largest absolute Gasteiger partial charge is 0.337 e. The maximum absolute atomic E-state index is 12.6. The van der Waals surface area contributed by atoms with Crippen molar-refractivity contribution in [3.63, 3.8) is 0 Å². The third-order valence-corrected chi connectivity index (χ3v) is 5.22. The molecule has 0 bridgehead atoms. The number of rotatable bonds is 2. The quantitative estimate of drug-likeness (QED) is 0.882. The van der Waals surface area contributed by atoms with Gasteiger partial charge in [0.25, 0.3) is 5.91 Å². The maximum atomic E-state index is 12.6. The molecule has 3 nitrogen and oxygen atoms in total. The van der Waals surface area contributed by atoms with Crippen molar-refractivity contribution in [3.8, 4) is 10.4 Å². The van der Waals surface area contributed by atoms with Crippen LogP contribution in [0, 0.1) is 0 Å². The highest BCUT2D eigenvalue weighted by Crippen LogP contribution is 2.29. The monoisotopic (exact) mass is 364 g/mol. The minimum atomic E-state index is 0.159. The van der Waals surface area contributed by atoms with Crippen LogP contribution < -0.4 is 5.32 Å². The Bertz CT molecular complexity index is 615.